The van der Waals surface area contributed by atoms with Crippen LogP contribution in [0.3, 0.4) is 0 Å². The highest BCUT2D eigenvalue weighted by Crippen LogP contribution is 2.43. The van der Waals surface area contributed by atoms with E-state index in [1.807, 2.05) is 6.92 Å². The summed E-state index contributed by atoms with van der Waals surface area (Å²) in [5, 5.41) is 25.3. The number of aromatic nitrogens is 1. The summed E-state index contributed by atoms with van der Waals surface area (Å²) >= 11 is 0. The Morgan fingerprint density at radius 3 is 2.46 bits per heavy atom. The maximum Gasteiger partial charge on any atom is 0.301 e. The molecule has 1 aromatic heterocycles. The van der Waals surface area contributed by atoms with E-state index in [4.69, 9.17) is 14.0 Å². The van der Waals surface area contributed by atoms with Gasteiger partial charge in [0.1, 0.15) is 17.3 Å². The highest BCUT2D eigenvalue weighted by atomic mass is 16.5. The molecule has 3 aromatic rings. The van der Waals surface area contributed by atoms with Gasteiger partial charge in [0.25, 0.3) is 5.78 Å². The Labute approximate surface area is 202 Å². The summed E-state index contributed by atoms with van der Waals surface area (Å²) in [6, 6.07) is 11.6. The summed E-state index contributed by atoms with van der Waals surface area (Å²) < 4.78 is 16.2. The maximum atomic E-state index is 13.2. The van der Waals surface area contributed by atoms with E-state index in [1.165, 1.54) is 23.1 Å². The number of anilines is 1. The predicted octanol–water partition coefficient (Wildman–Crippen LogP) is 4.50. The number of phenols is 1. The van der Waals surface area contributed by atoms with Crippen LogP contribution in [0.25, 0.3) is 5.76 Å². The van der Waals surface area contributed by atoms with Gasteiger partial charge in [0, 0.05) is 11.6 Å². The minimum atomic E-state index is -1.03. The Balaban J connectivity index is 1.86. The minimum Gasteiger partial charge on any atom is -0.507 e. The molecule has 0 aliphatic carbocycles. The zero-order valence-electron chi connectivity index (χ0n) is 19.6. The van der Waals surface area contributed by atoms with E-state index in [2.05, 4.69) is 5.16 Å². The van der Waals surface area contributed by atoms with Crippen molar-refractivity contribution in [3.05, 3.63) is 71.0 Å². The van der Waals surface area contributed by atoms with Gasteiger partial charge >= 0.3 is 5.91 Å². The van der Waals surface area contributed by atoms with E-state index in [9.17, 15) is 19.8 Å². The molecule has 0 spiro atoms. The summed E-state index contributed by atoms with van der Waals surface area (Å²) in [6.45, 7) is 6.28. The number of ketones is 1. The van der Waals surface area contributed by atoms with Crippen molar-refractivity contribution in [3.8, 4) is 17.2 Å². The lowest BCUT2D eigenvalue weighted by Gasteiger charge is -2.23. The molecule has 1 amide bonds. The van der Waals surface area contributed by atoms with Gasteiger partial charge in [0.15, 0.2) is 17.3 Å². The fraction of sp³-hybridized carbons (Fsp3) is 0.269. The van der Waals surface area contributed by atoms with Crippen LogP contribution < -0.4 is 14.4 Å². The first kappa shape index (κ1) is 23.9. The van der Waals surface area contributed by atoms with Crippen LogP contribution in [0, 0.1) is 6.92 Å². The molecular weight excluding hydrogens is 452 g/mol. The lowest BCUT2D eigenvalue weighted by molar-refractivity contribution is -0.132. The molecule has 1 atom stereocenters. The summed E-state index contributed by atoms with van der Waals surface area (Å²) in [6.07, 6.45) is 0.850. The van der Waals surface area contributed by atoms with Gasteiger partial charge in [0.05, 0.1) is 24.8 Å². The SMILES string of the molecule is CCCOc1ccc(/C(O)=C2\C(=O)C(=O)N(c3cc(C)on3)[C@H]2c2ccc(O)c(OCC)c2)cc1. The molecular formula is C26H26N2O7. The largest absolute Gasteiger partial charge is 0.507 e. The number of nitrogens with zero attached hydrogens (tertiary/aromatic N) is 2. The molecule has 0 radical (unpaired) electrons. The second kappa shape index (κ2) is 9.92. The fourth-order valence-electron chi connectivity index (χ4n) is 3.91. The number of benzene rings is 2. The van der Waals surface area contributed by atoms with E-state index in [1.54, 1.807) is 44.2 Å². The topological polar surface area (TPSA) is 122 Å². The van der Waals surface area contributed by atoms with Crippen LogP contribution in [0.5, 0.6) is 17.2 Å². The molecule has 2 N–H and O–H groups in total. The lowest BCUT2D eigenvalue weighted by atomic mass is 9.95. The fourth-order valence-corrected chi connectivity index (χ4v) is 3.91. The summed E-state index contributed by atoms with van der Waals surface area (Å²) in [4.78, 5) is 27.5. The average molecular weight is 479 g/mol. The van der Waals surface area contributed by atoms with E-state index in [0.717, 1.165) is 6.42 Å². The van der Waals surface area contributed by atoms with Crippen molar-refractivity contribution in [1.82, 2.24) is 5.16 Å². The first-order valence-corrected chi connectivity index (χ1v) is 11.3. The highest BCUT2D eigenvalue weighted by Gasteiger charge is 2.48. The van der Waals surface area contributed by atoms with Crippen LogP contribution in [0.1, 0.15) is 43.2 Å². The summed E-state index contributed by atoms with van der Waals surface area (Å²) in [5.74, 6) is -0.782. The molecule has 182 valence electrons. The molecule has 9 heteroatoms. The molecule has 1 aliphatic rings. The number of aromatic hydroxyl groups is 1. The second-order valence-corrected chi connectivity index (χ2v) is 8.00. The average Bonchev–Trinajstić information content (AvgIpc) is 3.39. The first-order chi connectivity index (χ1) is 16.8. The number of aliphatic hydroxyl groups is 1. The molecule has 0 unspecified atom stereocenters. The first-order valence-electron chi connectivity index (χ1n) is 11.3. The lowest BCUT2D eigenvalue weighted by Crippen LogP contribution is -2.29. The molecule has 4 rings (SSSR count). The van der Waals surface area contributed by atoms with Gasteiger partial charge in [0.2, 0.25) is 0 Å². The molecule has 35 heavy (non-hydrogen) atoms. The third-order valence-corrected chi connectivity index (χ3v) is 5.51. The Kier molecular flexibility index (Phi) is 6.77. The Bertz CT molecular complexity index is 1280. The minimum absolute atomic E-state index is 0.0903. The Morgan fingerprint density at radius 1 is 1.09 bits per heavy atom. The number of rotatable bonds is 8. The quantitative estimate of drug-likeness (QED) is 0.276. The van der Waals surface area contributed by atoms with Gasteiger partial charge in [-0.15, -0.1) is 0 Å². The number of amides is 1. The number of carbonyl (C=O) groups is 2. The second-order valence-electron chi connectivity index (χ2n) is 8.00. The summed E-state index contributed by atoms with van der Waals surface area (Å²) in [5.41, 5.74) is 0.665. The van der Waals surface area contributed by atoms with Gasteiger partial charge in [-0.1, -0.05) is 18.1 Å². The molecule has 2 heterocycles. The monoisotopic (exact) mass is 478 g/mol. The van der Waals surface area contributed by atoms with Gasteiger partial charge in [-0.05, 0) is 62.2 Å². The Morgan fingerprint density at radius 2 is 1.83 bits per heavy atom. The number of hydrogen-bond donors (Lipinski definition) is 2. The van der Waals surface area contributed by atoms with Crippen molar-refractivity contribution in [2.45, 2.75) is 33.2 Å². The van der Waals surface area contributed by atoms with E-state index < -0.39 is 17.7 Å². The smallest absolute Gasteiger partial charge is 0.301 e. The highest BCUT2D eigenvalue weighted by molar-refractivity contribution is 6.51. The summed E-state index contributed by atoms with van der Waals surface area (Å²) in [7, 11) is 0. The zero-order chi connectivity index (χ0) is 25.1. The van der Waals surface area contributed by atoms with Crippen LogP contribution in [0.15, 0.2) is 58.6 Å². The molecule has 1 aliphatic heterocycles. The predicted molar refractivity (Wildman–Crippen MR) is 128 cm³/mol. The number of phenolic OH excluding ortho intramolecular Hbond substituents is 1. The van der Waals surface area contributed by atoms with E-state index in [-0.39, 0.29) is 28.6 Å². The van der Waals surface area contributed by atoms with Crippen LogP contribution in [-0.2, 0) is 9.59 Å². The normalized spacial score (nSPS) is 17.1. The van der Waals surface area contributed by atoms with Crippen molar-refractivity contribution >= 4 is 23.3 Å². The van der Waals surface area contributed by atoms with Gasteiger partial charge in [-0.25, -0.2) is 0 Å². The number of aliphatic hydroxyl groups excluding tert-OH is 1. The van der Waals surface area contributed by atoms with Crippen LogP contribution in [0.4, 0.5) is 5.82 Å². The molecule has 1 saturated heterocycles. The van der Waals surface area contributed by atoms with E-state index in [0.29, 0.717) is 35.9 Å². The molecule has 0 bridgehead atoms. The number of Topliss-reactive ketones (excluding diaryl/α,β-unsaturated/α-hetero) is 1. The van der Waals surface area contributed by atoms with Crippen molar-refractivity contribution in [2.24, 2.45) is 0 Å². The van der Waals surface area contributed by atoms with Gasteiger partial charge < -0.3 is 24.2 Å². The maximum absolute atomic E-state index is 13.2. The number of ether oxygens (including phenoxy) is 2. The molecule has 0 saturated carbocycles. The zero-order valence-corrected chi connectivity index (χ0v) is 19.6. The number of carbonyl (C=O) groups excluding carboxylic acids is 2. The van der Waals surface area contributed by atoms with Crippen LogP contribution in [-0.4, -0.2) is 40.3 Å². The number of hydrogen-bond acceptors (Lipinski definition) is 8. The number of aryl methyl sites for hydroxylation is 1. The third-order valence-electron chi connectivity index (χ3n) is 5.51. The third kappa shape index (κ3) is 4.57. The van der Waals surface area contributed by atoms with Crippen molar-refractivity contribution in [2.75, 3.05) is 18.1 Å². The van der Waals surface area contributed by atoms with Crippen molar-refractivity contribution in [3.63, 3.8) is 0 Å². The van der Waals surface area contributed by atoms with E-state index >= 15 is 0 Å². The van der Waals surface area contributed by atoms with Crippen molar-refractivity contribution < 1.29 is 33.8 Å². The van der Waals surface area contributed by atoms with Crippen LogP contribution >= 0.6 is 0 Å². The van der Waals surface area contributed by atoms with Gasteiger partial charge in [-0.2, -0.15) is 0 Å². The van der Waals surface area contributed by atoms with Crippen LogP contribution in [0.2, 0.25) is 0 Å². The van der Waals surface area contributed by atoms with Gasteiger partial charge in [-0.3, -0.25) is 14.5 Å². The molecule has 2 aromatic carbocycles. The van der Waals surface area contributed by atoms with Crippen molar-refractivity contribution in [1.29, 1.82) is 0 Å². The Hall–Kier alpha value is -4.27. The molecule has 1 fully saturated rings. The standard InChI is InChI=1S/C26H26N2O7/c1-4-12-34-18-9-6-16(7-10-18)24(30)22-23(17-8-11-19(29)20(14-17)33-5-2)28(26(32)25(22)31)21-13-15(3)35-27-21/h6-11,13-14,23,29-30H,4-5,12H2,1-3H3/b24-22+/t23-/m0/s1. The molecule has 9 nitrogen and oxygen atoms in total.